The van der Waals surface area contributed by atoms with Crippen molar-refractivity contribution in [2.75, 3.05) is 0 Å². The van der Waals surface area contributed by atoms with Gasteiger partial charge in [0.05, 0.1) is 0 Å². The average molecular weight is 393 g/mol. The van der Waals surface area contributed by atoms with E-state index >= 15 is 0 Å². The molecule has 1 saturated carbocycles. The Morgan fingerprint density at radius 2 is 1.76 bits per heavy atom. The molecule has 0 amide bonds. The molecule has 4 aliphatic rings. The van der Waals surface area contributed by atoms with Crippen molar-refractivity contribution in [2.45, 2.75) is 80.1 Å². The Bertz CT molecular complexity index is 806. The largest absolute Gasteiger partial charge is 0.295 e. The van der Waals surface area contributed by atoms with Crippen LogP contribution in [-0.2, 0) is 4.79 Å². The molecule has 0 N–H and O–H groups in total. The summed E-state index contributed by atoms with van der Waals surface area (Å²) < 4.78 is 0. The number of allylic oxidation sites excluding steroid dienone is 8. The summed E-state index contributed by atoms with van der Waals surface area (Å²) in [6.07, 6.45) is 18.5. The summed E-state index contributed by atoms with van der Waals surface area (Å²) in [4.78, 5) is 12.0. The first-order chi connectivity index (χ1) is 13.7. The Hall–Kier alpha value is -1.37. The molecule has 4 rings (SSSR count). The lowest BCUT2D eigenvalue weighted by Crippen LogP contribution is -2.40. The summed E-state index contributed by atoms with van der Waals surface area (Å²) in [5.74, 6) is 3.81. The van der Waals surface area contributed by atoms with E-state index in [0.717, 1.165) is 12.3 Å². The first-order valence-corrected chi connectivity index (χ1v) is 12.0. The van der Waals surface area contributed by atoms with Crippen molar-refractivity contribution < 1.29 is 4.79 Å². The highest BCUT2D eigenvalue weighted by atomic mass is 16.1. The lowest BCUT2D eigenvalue weighted by molar-refractivity contribution is -0.115. The van der Waals surface area contributed by atoms with Crippen molar-refractivity contribution in [2.24, 2.45) is 40.4 Å². The monoisotopic (exact) mass is 392 g/mol. The molecule has 1 heteroatoms. The topological polar surface area (TPSA) is 17.1 Å². The van der Waals surface area contributed by atoms with Crippen molar-refractivity contribution in [1.82, 2.24) is 0 Å². The maximum absolute atomic E-state index is 12.0. The van der Waals surface area contributed by atoms with E-state index in [-0.39, 0.29) is 5.41 Å². The molecule has 0 spiro atoms. The molecule has 0 radical (unpaired) electrons. The maximum Gasteiger partial charge on any atom is 0.156 e. The molecule has 0 aliphatic heterocycles. The van der Waals surface area contributed by atoms with Crippen LogP contribution in [0.3, 0.4) is 0 Å². The molecule has 0 saturated heterocycles. The minimum Gasteiger partial charge on any atom is -0.295 e. The highest BCUT2D eigenvalue weighted by Gasteiger charge is 2.53. The fourth-order valence-electron chi connectivity index (χ4n) is 6.92. The molecular weight excluding hydrogens is 352 g/mol. The van der Waals surface area contributed by atoms with Crippen LogP contribution in [0, 0.1) is 40.4 Å². The second kappa shape index (κ2) is 7.40. The lowest BCUT2D eigenvalue weighted by atomic mass is 9.54. The summed E-state index contributed by atoms with van der Waals surface area (Å²) in [7, 11) is 0. The number of carbonyl (C=O) groups is 1. The first kappa shape index (κ1) is 20.9. The van der Waals surface area contributed by atoms with E-state index in [0.29, 0.717) is 41.3 Å². The van der Waals surface area contributed by atoms with Gasteiger partial charge in [0.25, 0.3) is 0 Å². The van der Waals surface area contributed by atoms with Gasteiger partial charge in [-0.1, -0.05) is 71.4 Å². The van der Waals surface area contributed by atoms with E-state index in [1.54, 1.807) is 11.1 Å². The van der Waals surface area contributed by atoms with Crippen molar-refractivity contribution in [3.63, 3.8) is 0 Å². The molecule has 158 valence electrons. The van der Waals surface area contributed by atoms with Gasteiger partial charge in [-0.05, 0) is 84.3 Å². The Kier molecular flexibility index (Phi) is 5.33. The van der Waals surface area contributed by atoms with E-state index < -0.39 is 0 Å². The minimum atomic E-state index is 0.107. The van der Waals surface area contributed by atoms with Crippen LogP contribution in [-0.4, -0.2) is 5.78 Å². The Labute approximate surface area is 178 Å². The van der Waals surface area contributed by atoms with E-state index in [9.17, 15) is 4.79 Å². The van der Waals surface area contributed by atoms with Gasteiger partial charge in [0.2, 0.25) is 0 Å². The molecule has 1 fully saturated rings. The predicted octanol–water partition coefficient (Wildman–Crippen LogP) is 7.46. The van der Waals surface area contributed by atoms with Crippen LogP contribution in [0.5, 0.6) is 0 Å². The smallest absolute Gasteiger partial charge is 0.156 e. The number of carbonyl (C=O) groups excluding carboxylic acids is 1. The summed E-state index contributed by atoms with van der Waals surface area (Å²) >= 11 is 0. The zero-order valence-electron chi connectivity index (χ0n) is 19.4. The van der Waals surface area contributed by atoms with Crippen molar-refractivity contribution in [3.05, 3.63) is 47.1 Å². The number of fused-ring (bicyclic) bond motifs is 4. The number of rotatable bonds is 4. The molecular formula is C28H40O. The second-order valence-electron chi connectivity index (χ2n) is 11.3. The van der Waals surface area contributed by atoms with Crippen LogP contribution in [0.1, 0.15) is 80.1 Å². The standard InChI is InChI=1S/C28H40O/c1-18(2)19(3)7-8-20(4)24-11-12-25-23-10-9-21-17-22(29)13-15-27(21,5)26(23)14-16-28(24,25)6/h7-10,17-20,24-25H,11-16H2,1-6H3. The third-order valence-corrected chi connectivity index (χ3v) is 9.39. The van der Waals surface area contributed by atoms with Gasteiger partial charge in [-0.25, -0.2) is 0 Å². The predicted molar refractivity (Wildman–Crippen MR) is 122 cm³/mol. The van der Waals surface area contributed by atoms with Crippen LogP contribution in [0.15, 0.2) is 47.1 Å². The number of hydrogen-bond acceptors (Lipinski definition) is 1. The molecule has 0 aromatic heterocycles. The Morgan fingerprint density at radius 3 is 2.48 bits per heavy atom. The number of hydrogen-bond donors (Lipinski definition) is 0. The van der Waals surface area contributed by atoms with Gasteiger partial charge in [0.1, 0.15) is 0 Å². The lowest BCUT2D eigenvalue weighted by Gasteiger charge is -2.50. The Morgan fingerprint density at radius 1 is 1.00 bits per heavy atom. The molecule has 0 aromatic rings. The Balaban J connectivity index is 1.61. The van der Waals surface area contributed by atoms with Crippen LogP contribution >= 0.6 is 0 Å². The molecule has 6 unspecified atom stereocenters. The van der Waals surface area contributed by atoms with E-state index in [1.165, 1.54) is 31.3 Å². The van der Waals surface area contributed by atoms with Gasteiger partial charge >= 0.3 is 0 Å². The van der Waals surface area contributed by atoms with Gasteiger partial charge in [-0.15, -0.1) is 0 Å². The summed E-state index contributed by atoms with van der Waals surface area (Å²) in [5, 5.41) is 0. The molecule has 1 nitrogen and oxygen atoms in total. The van der Waals surface area contributed by atoms with Crippen molar-refractivity contribution >= 4 is 5.78 Å². The summed E-state index contributed by atoms with van der Waals surface area (Å²) in [5.41, 5.74) is 5.09. The first-order valence-electron chi connectivity index (χ1n) is 12.0. The molecule has 29 heavy (non-hydrogen) atoms. The van der Waals surface area contributed by atoms with Gasteiger partial charge in [-0.2, -0.15) is 0 Å². The normalized spacial score (nSPS) is 38.7. The average Bonchev–Trinajstić information content (AvgIpc) is 3.03. The van der Waals surface area contributed by atoms with E-state index in [1.807, 2.05) is 6.08 Å². The van der Waals surface area contributed by atoms with Gasteiger partial charge in [0.15, 0.2) is 5.78 Å². The van der Waals surface area contributed by atoms with E-state index in [4.69, 9.17) is 0 Å². The van der Waals surface area contributed by atoms with Crippen molar-refractivity contribution in [1.29, 1.82) is 0 Å². The van der Waals surface area contributed by atoms with Gasteiger partial charge < -0.3 is 0 Å². The zero-order chi connectivity index (χ0) is 21.0. The molecule has 0 aromatic carbocycles. The van der Waals surface area contributed by atoms with Crippen molar-refractivity contribution in [3.8, 4) is 0 Å². The van der Waals surface area contributed by atoms with E-state index in [2.05, 4.69) is 65.8 Å². The van der Waals surface area contributed by atoms with Gasteiger partial charge in [-0.3, -0.25) is 4.79 Å². The van der Waals surface area contributed by atoms with Crippen LogP contribution < -0.4 is 0 Å². The zero-order valence-corrected chi connectivity index (χ0v) is 19.4. The quantitative estimate of drug-likeness (QED) is 0.454. The SMILES string of the molecule is CC(C)C(C)C=CC(C)C1CCC2C3=C(CCC21C)C1(C)CCC(=O)C=C1C=C3. The third kappa shape index (κ3) is 3.33. The number of ketones is 1. The highest BCUT2D eigenvalue weighted by molar-refractivity contribution is 5.92. The third-order valence-electron chi connectivity index (χ3n) is 9.39. The molecule has 4 aliphatic carbocycles. The van der Waals surface area contributed by atoms with Crippen LogP contribution in [0.25, 0.3) is 0 Å². The minimum absolute atomic E-state index is 0.107. The van der Waals surface area contributed by atoms with Crippen LogP contribution in [0.4, 0.5) is 0 Å². The summed E-state index contributed by atoms with van der Waals surface area (Å²) in [6.45, 7) is 14.4. The fraction of sp³-hybridized carbons (Fsp3) is 0.679. The van der Waals surface area contributed by atoms with Gasteiger partial charge in [0, 0.05) is 11.8 Å². The molecule has 6 atom stereocenters. The summed E-state index contributed by atoms with van der Waals surface area (Å²) in [6, 6.07) is 0. The molecule has 0 heterocycles. The highest BCUT2D eigenvalue weighted by Crippen LogP contribution is 2.63. The molecule has 0 bridgehead atoms. The fourth-order valence-corrected chi connectivity index (χ4v) is 6.92. The second-order valence-corrected chi connectivity index (χ2v) is 11.3. The maximum atomic E-state index is 12.0. The van der Waals surface area contributed by atoms with Crippen LogP contribution in [0.2, 0.25) is 0 Å².